The van der Waals surface area contributed by atoms with Gasteiger partial charge < -0.3 is 10.0 Å². The summed E-state index contributed by atoms with van der Waals surface area (Å²) >= 11 is 0. The molecule has 2 aromatic rings. The normalized spacial score (nSPS) is 11.9. The first kappa shape index (κ1) is 14.0. The molecule has 1 amide bonds. The van der Waals surface area contributed by atoms with Crippen molar-refractivity contribution in [1.82, 2.24) is 14.9 Å². The summed E-state index contributed by atoms with van der Waals surface area (Å²) in [6.07, 6.45) is 4.92. The summed E-state index contributed by atoms with van der Waals surface area (Å²) in [6.45, 7) is 4.34. The van der Waals surface area contributed by atoms with Crippen LogP contribution in [0.25, 0.3) is 0 Å². The minimum absolute atomic E-state index is 0.0742. The van der Waals surface area contributed by atoms with E-state index in [9.17, 15) is 9.90 Å². The van der Waals surface area contributed by atoms with Gasteiger partial charge in [-0.25, -0.2) is 4.98 Å². The van der Waals surface area contributed by atoms with Crippen molar-refractivity contribution in [3.8, 4) is 5.75 Å². The van der Waals surface area contributed by atoms with E-state index in [4.69, 9.17) is 0 Å². The van der Waals surface area contributed by atoms with Gasteiger partial charge >= 0.3 is 0 Å². The highest BCUT2D eigenvalue weighted by Gasteiger charge is 2.24. The topological polar surface area (TPSA) is 66.3 Å². The fourth-order valence-electron chi connectivity index (χ4n) is 2.09. The molecular formula is C15H17N3O2. The third kappa shape index (κ3) is 2.77. The predicted octanol–water partition coefficient (Wildman–Crippen LogP) is 2.41. The van der Waals surface area contributed by atoms with Gasteiger partial charge in [0, 0.05) is 25.1 Å². The van der Waals surface area contributed by atoms with Gasteiger partial charge in [-0.1, -0.05) is 6.07 Å². The summed E-state index contributed by atoms with van der Waals surface area (Å²) in [7, 11) is 0. The molecule has 0 aliphatic carbocycles. The SMILES string of the molecule is CCN(C(=O)c1ncccc1O)[C@H](C)c1cccnc1. The average molecular weight is 271 g/mol. The Morgan fingerprint density at radius 3 is 2.70 bits per heavy atom. The quantitative estimate of drug-likeness (QED) is 0.927. The van der Waals surface area contributed by atoms with Crippen LogP contribution >= 0.6 is 0 Å². The smallest absolute Gasteiger partial charge is 0.276 e. The highest BCUT2D eigenvalue weighted by Crippen LogP contribution is 2.23. The second-order valence-corrected chi connectivity index (χ2v) is 4.42. The summed E-state index contributed by atoms with van der Waals surface area (Å²) in [5, 5.41) is 9.76. The molecule has 5 nitrogen and oxygen atoms in total. The molecular weight excluding hydrogens is 254 g/mol. The van der Waals surface area contributed by atoms with Crippen LogP contribution in [-0.2, 0) is 0 Å². The van der Waals surface area contributed by atoms with E-state index in [1.165, 1.54) is 12.3 Å². The fourth-order valence-corrected chi connectivity index (χ4v) is 2.09. The van der Waals surface area contributed by atoms with Gasteiger partial charge in [0.25, 0.3) is 5.91 Å². The largest absolute Gasteiger partial charge is 0.505 e. The molecule has 0 aromatic carbocycles. The lowest BCUT2D eigenvalue weighted by molar-refractivity contribution is 0.0692. The molecule has 1 atom stereocenters. The summed E-state index contributed by atoms with van der Waals surface area (Å²) in [5.74, 6) is -0.392. The van der Waals surface area contributed by atoms with Crippen LogP contribution in [0.3, 0.4) is 0 Å². The van der Waals surface area contributed by atoms with Crippen LogP contribution in [0.1, 0.15) is 35.9 Å². The predicted molar refractivity (Wildman–Crippen MR) is 75.3 cm³/mol. The number of pyridine rings is 2. The number of aromatic hydroxyl groups is 1. The zero-order chi connectivity index (χ0) is 14.5. The molecule has 2 heterocycles. The Labute approximate surface area is 117 Å². The Hall–Kier alpha value is -2.43. The van der Waals surface area contributed by atoms with Crippen LogP contribution in [0.15, 0.2) is 42.9 Å². The first-order valence-electron chi connectivity index (χ1n) is 6.50. The first-order valence-corrected chi connectivity index (χ1v) is 6.50. The van der Waals surface area contributed by atoms with E-state index in [2.05, 4.69) is 9.97 Å². The number of carbonyl (C=O) groups is 1. The lowest BCUT2D eigenvalue weighted by Crippen LogP contribution is -2.34. The summed E-state index contributed by atoms with van der Waals surface area (Å²) < 4.78 is 0. The van der Waals surface area contributed by atoms with E-state index in [1.807, 2.05) is 26.0 Å². The zero-order valence-electron chi connectivity index (χ0n) is 11.5. The molecule has 0 saturated heterocycles. The van der Waals surface area contributed by atoms with Gasteiger partial charge in [0.15, 0.2) is 5.69 Å². The van der Waals surface area contributed by atoms with E-state index in [1.54, 1.807) is 23.4 Å². The maximum atomic E-state index is 12.5. The minimum atomic E-state index is -0.290. The lowest BCUT2D eigenvalue weighted by Gasteiger charge is -2.28. The third-order valence-corrected chi connectivity index (χ3v) is 3.22. The molecule has 1 N–H and O–H groups in total. The van der Waals surface area contributed by atoms with Crippen molar-refractivity contribution in [1.29, 1.82) is 0 Å². The van der Waals surface area contributed by atoms with E-state index in [-0.39, 0.29) is 23.4 Å². The van der Waals surface area contributed by atoms with Crippen molar-refractivity contribution < 1.29 is 9.90 Å². The Morgan fingerprint density at radius 1 is 1.35 bits per heavy atom. The zero-order valence-corrected chi connectivity index (χ0v) is 11.5. The Kier molecular flexibility index (Phi) is 4.30. The van der Waals surface area contributed by atoms with Gasteiger partial charge in [-0.05, 0) is 37.6 Å². The first-order chi connectivity index (χ1) is 9.65. The Bertz CT molecular complexity index is 587. The number of hydrogen-bond acceptors (Lipinski definition) is 4. The third-order valence-electron chi connectivity index (χ3n) is 3.22. The summed E-state index contributed by atoms with van der Waals surface area (Å²) in [4.78, 5) is 22.2. The van der Waals surface area contributed by atoms with Crippen molar-refractivity contribution in [3.05, 3.63) is 54.1 Å². The number of aromatic nitrogens is 2. The van der Waals surface area contributed by atoms with E-state index >= 15 is 0 Å². The molecule has 2 aromatic heterocycles. The second-order valence-electron chi connectivity index (χ2n) is 4.42. The Balaban J connectivity index is 2.29. The molecule has 0 aliphatic rings. The molecule has 5 heteroatoms. The van der Waals surface area contributed by atoms with Crippen molar-refractivity contribution in [2.24, 2.45) is 0 Å². The minimum Gasteiger partial charge on any atom is -0.505 e. The standard InChI is InChI=1S/C15H17N3O2/c1-3-18(11(2)12-6-4-8-16-10-12)15(20)14-13(19)7-5-9-17-14/h4-11,19H,3H2,1-2H3/t11-/m1/s1. The van der Waals surface area contributed by atoms with Crippen molar-refractivity contribution >= 4 is 5.91 Å². The lowest BCUT2D eigenvalue weighted by atomic mass is 10.1. The van der Waals surface area contributed by atoms with Gasteiger partial charge in [-0.2, -0.15) is 0 Å². The van der Waals surface area contributed by atoms with Gasteiger partial charge in [0.2, 0.25) is 0 Å². The number of hydrogen-bond donors (Lipinski definition) is 1. The molecule has 0 saturated carbocycles. The van der Waals surface area contributed by atoms with Crippen LogP contribution in [0.2, 0.25) is 0 Å². The van der Waals surface area contributed by atoms with Gasteiger partial charge in [0.1, 0.15) is 5.75 Å². The van der Waals surface area contributed by atoms with Crippen molar-refractivity contribution in [2.45, 2.75) is 19.9 Å². The second kappa shape index (κ2) is 6.14. The molecule has 0 unspecified atom stereocenters. The molecule has 0 radical (unpaired) electrons. The van der Waals surface area contributed by atoms with Gasteiger partial charge in [0.05, 0.1) is 6.04 Å². The van der Waals surface area contributed by atoms with Crippen LogP contribution in [-0.4, -0.2) is 32.4 Å². The maximum absolute atomic E-state index is 12.5. The van der Waals surface area contributed by atoms with E-state index < -0.39 is 0 Å². The number of amides is 1. The average Bonchev–Trinajstić information content (AvgIpc) is 2.49. The highest BCUT2D eigenvalue weighted by molar-refractivity contribution is 5.95. The molecule has 0 bridgehead atoms. The molecule has 2 rings (SSSR count). The monoisotopic (exact) mass is 271 g/mol. The highest BCUT2D eigenvalue weighted by atomic mass is 16.3. The van der Waals surface area contributed by atoms with Gasteiger partial charge in [-0.15, -0.1) is 0 Å². The van der Waals surface area contributed by atoms with E-state index in [0.717, 1.165) is 5.56 Å². The number of carbonyl (C=O) groups excluding carboxylic acids is 1. The molecule has 0 spiro atoms. The van der Waals surface area contributed by atoms with Crippen LogP contribution < -0.4 is 0 Å². The van der Waals surface area contributed by atoms with Crippen molar-refractivity contribution in [2.75, 3.05) is 6.54 Å². The summed E-state index contributed by atoms with van der Waals surface area (Å²) in [6, 6.07) is 6.67. The van der Waals surface area contributed by atoms with E-state index in [0.29, 0.717) is 6.54 Å². The van der Waals surface area contributed by atoms with Crippen LogP contribution in [0.5, 0.6) is 5.75 Å². The molecule has 0 aliphatic heterocycles. The van der Waals surface area contributed by atoms with Crippen molar-refractivity contribution in [3.63, 3.8) is 0 Å². The number of rotatable bonds is 4. The fraction of sp³-hybridized carbons (Fsp3) is 0.267. The summed E-state index contributed by atoms with van der Waals surface area (Å²) in [5.41, 5.74) is 1.02. The molecule has 0 fully saturated rings. The Morgan fingerprint density at radius 2 is 2.10 bits per heavy atom. The van der Waals surface area contributed by atoms with Gasteiger partial charge in [-0.3, -0.25) is 9.78 Å². The van der Waals surface area contributed by atoms with Crippen LogP contribution in [0.4, 0.5) is 0 Å². The molecule has 104 valence electrons. The maximum Gasteiger partial charge on any atom is 0.276 e. The molecule has 20 heavy (non-hydrogen) atoms. The number of nitrogens with zero attached hydrogens (tertiary/aromatic N) is 3. The van der Waals surface area contributed by atoms with Crippen LogP contribution in [0, 0.1) is 0 Å².